The van der Waals surface area contributed by atoms with Crippen LogP contribution in [0, 0.1) is 6.92 Å². The van der Waals surface area contributed by atoms with Crippen molar-refractivity contribution in [1.29, 1.82) is 0 Å². The van der Waals surface area contributed by atoms with Gasteiger partial charge >= 0.3 is 0 Å². The Kier molecular flexibility index (Phi) is 3.12. The maximum atomic E-state index is 5.51. The second-order valence-corrected chi connectivity index (χ2v) is 4.51. The number of aryl methyl sites for hydroxylation is 1. The highest BCUT2D eigenvalue weighted by atomic mass is 32.1. The fourth-order valence-corrected chi connectivity index (χ4v) is 2.00. The zero-order valence-corrected chi connectivity index (χ0v) is 10.2. The van der Waals surface area contributed by atoms with Gasteiger partial charge in [-0.05, 0) is 19.1 Å². The summed E-state index contributed by atoms with van der Waals surface area (Å²) in [5.41, 5.74) is 7.99. The topological polar surface area (TPSA) is 63.8 Å². The lowest BCUT2D eigenvalue weighted by Crippen LogP contribution is -2.11. The number of nitrogens with one attached hydrogen (secondary N) is 1. The maximum Gasteiger partial charge on any atom is 0.187 e. The van der Waals surface area contributed by atoms with Crippen LogP contribution in [0.2, 0.25) is 0 Å². The number of thiazole rings is 1. The van der Waals surface area contributed by atoms with Crippen LogP contribution in [-0.2, 0) is 0 Å². The number of thiocarbonyl (C=S) groups is 1. The number of hydrogen-bond acceptors (Lipinski definition) is 5. The Morgan fingerprint density at radius 2 is 2.38 bits per heavy atom. The van der Waals surface area contributed by atoms with Gasteiger partial charge in [0.15, 0.2) is 5.13 Å². The summed E-state index contributed by atoms with van der Waals surface area (Å²) >= 11 is 6.42. The fraction of sp³-hybridized carbons (Fsp3) is 0.100. The third kappa shape index (κ3) is 2.53. The lowest BCUT2D eigenvalue weighted by atomic mass is 10.3. The minimum absolute atomic E-state index is 0.291. The number of aromatic nitrogens is 2. The molecule has 2 heterocycles. The molecule has 0 atom stereocenters. The highest BCUT2D eigenvalue weighted by Crippen LogP contribution is 2.20. The summed E-state index contributed by atoms with van der Waals surface area (Å²) in [6.45, 7) is 1.95. The van der Waals surface area contributed by atoms with Crippen molar-refractivity contribution in [2.45, 2.75) is 6.92 Å². The van der Waals surface area contributed by atoms with Gasteiger partial charge in [-0.15, -0.1) is 11.3 Å². The van der Waals surface area contributed by atoms with Crippen LogP contribution in [0.1, 0.15) is 11.4 Å². The summed E-state index contributed by atoms with van der Waals surface area (Å²) in [6, 6.07) is 3.65. The normalized spacial score (nSPS) is 10.1. The van der Waals surface area contributed by atoms with Gasteiger partial charge in [0.1, 0.15) is 4.99 Å². The van der Waals surface area contributed by atoms with Gasteiger partial charge in [0.05, 0.1) is 11.4 Å². The minimum atomic E-state index is 0.291. The van der Waals surface area contributed by atoms with E-state index in [1.54, 1.807) is 23.6 Å². The van der Waals surface area contributed by atoms with Crippen molar-refractivity contribution in [3.05, 3.63) is 35.1 Å². The molecular formula is C10H10N4S2. The monoisotopic (exact) mass is 250 g/mol. The van der Waals surface area contributed by atoms with Gasteiger partial charge in [-0.2, -0.15) is 0 Å². The van der Waals surface area contributed by atoms with Gasteiger partial charge in [0.2, 0.25) is 0 Å². The molecule has 0 fully saturated rings. The molecule has 0 aliphatic carbocycles. The average Bonchev–Trinajstić information content (AvgIpc) is 2.64. The number of nitrogens with two attached hydrogens (primary N) is 1. The Morgan fingerprint density at radius 1 is 1.56 bits per heavy atom. The zero-order chi connectivity index (χ0) is 11.5. The summed E-state index contributed by atoms with van der Waals surface area (Å²) in [6.07, 6.45) is 1.66. The Hall–Kier alpha value is -1.53. The number of hydrogen-bond donors (Lipinski definition) is 2. The first-order valence-corrected chi connectivity index (χ1v) is 5.89. The average molecular weight is 250 g/mol. The molecule has 0 aliphatic heterocycles. The Bertz CT molecular complexity index is 521. The zero-order valence-electron chi connectivity index (χ0n) is 8.60. The van der Waals surface area contributed by atoms with Crippen molar-refractivity contribution in [2.75, 3.05) is 5.32 Å². The minimum Gasteiger partial charge on any atom is -0.388 e. The highest BCUT2D eigenvalue weighted by Gasteiger charge is 2.02. The van der Waals surface area contributed by atoms with Gasteiger partial charge in [-0.3, -0.25) is 4.98 Å². The van der Waals surface area contributed by atoms with Crippen LogP contribution in [0.3, 0.4) is 0 Å². The van der Waals surface area contributed by atoms with Crippen molar-refractivity contribution < 1.29 is 0 Å². The standard InChI is InChI=1S/C10H10N4S2/c1-6-5-16-10(13-6)14-7-2-3-12-8(4-7)9(11)15/h2-5H,1H3,(H2,11,15)(H,12,13,14). The number of pyridine rings is 1. The van der Waals surface area contributed by atoms with E-state index in [0.29, 0.717) is 10.7 Å². The first-order valence-electron chi connectivity index (χ1n) is 4.60. The molecule has 0 saturated heterocycles. The predicted molar refractivity (Wildman–Crippen MR) is 70.3 cm³/mol. The van der Waals surface area contributed by atoms with Crippen LogP contribution in [0.5, 0.6) is 0 Å². The first-order chi connectivity index (χ1) is 7.65. The molecule has 2 rings (SSSR count). The molecule has 2 aromatic rings. The molecule has 82 valence electrons. The molecule has 2 aromatic heterocycles. The Labute approximate surface area is 103 Å². The summed E-state index contributed by atoms with van der Waals surface area (Å²) in [4.78, 5) is 8.66. The molecule has 0 saturated carbocycles. The summed E-state index contributed by atoms with van der Waals surface area (Å²) in [5, 5.41) is 6.00. The second-order valence-electron chi connectivity index (χ2n) is 3.21. The van der Waals surface area contributed by atoms with E-state index in [1.165, 1.54) is 0 Å². The number of nitrogens with zero attached hydrogens (tertiary/aromatic N) is 2. The van der Waals surface area contributed by atoms with Gasteiger partial charge < -0.3 is 11.1 Å². The lowest BCUT2D eigenvalue weighted by Gasteiger charge is -2.03. The molecule has 0 unspecified atom stereocenters. The summed E-state index contributed by atoms with van der Waals surface area (Å²) < 4.78 is 0. The van der Waals surface area contributed by atoms with Crippen molar-refractivity contribution >= 4 is 39.4 Å². The number of rotatable bonds is 3. The van der Waals surface area contributed by atoms with Crippen molar-refractivity contribution in [3.63, 3.8) is 0 Å². The van der Waals surface area contributed by atoms with Gasteiger partial charge in [0, 0.05) is 17.3 Å². The highest BCUT2D eigenvalue weighted by molar-refractivity contribution is 7.80. The van der Waals surface area contributed by atoms with E-state index in [0.717, 1.165) is 16.5 Å². The predicted octanol–water partition coefficient (Wildman–Crippen LogP) is 2.22. The molecule has 0 spiro atoms. The van der Waals surface area contributed by atoms with Crippen molar-refractivity contribution in [2.24, 2.45) is 5.73 Å². The Balaban J connectivity index is 2.21. The van der Waals surface area contributed by atoms with Crippen LogP contribution >= 0.6 is 23.6 Å². The van der Waals surface area contributed by atoms with Crippen molar-refractivity contribution in [1.82, 2.24) is 9.97 Å². The SMILES string of the molecule is Cc1csc(Nc2ccnc(C(N)=S)c2)n1. The van der Waals surface area contributed by atoms with Crippen LogP contribution in [-0.4, -0.2) is 15.0 Å². The van der Waals surface area contributed by atoms with Crippen molar-refractivity contribution in [3.8, 4) is 0 Å². The van der Waals surface area contributed by atoms with E-state index in [1.807, 2.05) is 18.4 Å². The molecule has 0 aliphatic rings. The quantitative estimate of drug-likeness (QED) is 0.818. The summed E-state index contributed by atoms with van der Waals surface area (Å²) in [5.74, 6) is 0. The van der Waals surface area contributed by atoms with E-state index in [4.69, 9.17) is 18.0 Å². The number of anilines is 2. The van der Waals surface area contributed by atoms with Crippen LogP contribution in [0.4, 0.5) is 10.8 Å². The van der Waals surface area contributed by atoms with Crippen LogP contribution in [0.15, 0.2) is 23.7 Å². The molecule has 0 amide bonds. The molecule has 3 N–H and O–H groups in total. The molecule has 6 heteroatoms. The van der Waals surface area contributed by atoms with Gasteiger partial charge in [0.25, 0.3) is 0 Å². The smallest absolute Gasteiger partial charge is 0.187 e. The molecule has 0 radical (unpaired) electrons. The first kappa shape index (κ1) is 11.0. The van der Waals surface area contributed by atoms with Gasteiger partial charge in [-0.25, -0.2) is 4.98 Å². The van der Waals surface area contributed by atoms with E-state index in [-0.39, 0.29) is 0 Å². The molecule has 16 heavy (non-hydrogen) atoms. The summed E-state index contributed by atoms with van der Waals surface area (Å²) in [7, 11) is 0. The lowest BCUT2D eigenvalue weighted by molar-refractivity contribution is 1.25. The third-order valence-electron chi connectivity index (χ3n) is 1.88. The maximum absolute atomic E-state index is 5.51. The second kappa shape index (κ2) is 4.54. The molecular weight excluding hydrogens is 240 g/mol. The van der Waals surface area contributed by atoms with Crippen LogP contribution in [0.25, 0.3) is 0 Å². The van der Waals surface area contributed by atoms with Gasteiger partial charge in [-0.1, -0.05) is 12.2 Å². The van der Waals surface area contributed by atoms with E-state index < -0.39 is 0 Å². The van der Waals surface area contributed by atoms with E-state index >= 15 is 0 Å². The molecule has 4 nitrogen and oxygen atoms in total. The largest absolute Gasteiger partial charge is 0.388 e. The third-order valence-corrected chi connectivity index (χ3v) is 2.97. The van der Waals surface area contributed by atoms with E-state index in [2.05, 4.69) is 15.3 Å². The fourth-order valence-electron chi connectivity index (χ4n) is 1.18. The van der Waals surface area contributed by atoms with E-state index in [9.17, 15) is 0 Å². The molecule has 0 aromatic carbocycles. The Morgan fingerprint density at radius 3 is 3.00 bits per heavy atom. The molecule has 0 bridgehead atoms. The van der Waals surface area contributed by atoms with Crippen LogP contribution < -0.4 is 11.1 Å².